The average Bonchev–Trinajstić information content (AvgIpc) is 2.15. The summed E-state index contributed by atoms with van der Waals surface area (Å²) in [4.78, 5) is 0. The van der Waals surface area contributed by atoms with Crippen molar-refractivity contribution in [2.45, 2.75) is 6.42 Å². The van der Waals surface area contributed by atoms with Crippen LogP contribution in [0, 0.1) is 0 Å². The van der Waals surface area contributed by atoms with Crippen LogP contribution in [0.15, 0.2) is 24.3 Å². The van der Waals surface area contributed by atoms with Gasteiger partial charge in [0, 0.05) is 5.02 Å². The van der Waals surface area contributed by atoms with Crippen LogP contribution in [0.2, 0.25) is 5.02 Å². The summed E-state index contributed by atoms with van der Waals surface area (Å²) < 4.78 is 5.13. The second kappa shape index (κ2) is 5.97. The van der Waals surface area contributed by atoms with Gasteiger partial charge in [0.05, 0.1) is 19.8 Å². The molecule has 1 aromatic rings. The first-order chi connectivity index (χ1) is 6.33. The molecule has 13 heavy (non-hydrogen) atoms. The molecule has 0 radical (unpaired) electrons. The second-order valence-electron chi connectivity index (χ2n) is 2.71. The monoisotopic (exact) mass is 200 g/mol. The Balaban J connectivity index is 2.25. The quantitative estimate of drug-likeness (QED) is 0.736. The molecule has 0 saturated heterocycles. The van der Waals surface area contributed by atoms with E-state index >= 15 is 0 Å². The molecule has 0 fully saturated rings. The van der Waals surface area contributed by atoms with Crippen molar-refractivity contribution >= 4 is 11.6 Å². The van der Waals surface area contributed by atoms with Gasteiger partial charge in [-0.1, -0.05) is 23.7 Å². The number of hydrogen-bond acceptors (Lipinski definition) is 2. The lowest BCUT2D eigenvalue weighted by atomic mass is 10.2. The van der Waals surface area contributed by atoms with Crippen molar-refractivity contribution in [3.05, 3.63) is 34.9 Å². The van der Waals surface area contributed by atoms with Crippen LogP contribution < -0.4 is 0 Å². The van der Waals surface area contributed by atoms with Crippen molar-refractivity contribution in [3.63, 3.8) is 0 Å². The number of hydrogen-bond donors (Lipinski definition) is 1. The summed E-state index contributed by atoms with van der Waals surface area (Å²) in [5.41, 5.74) is 1.20. The number of ether oxygens (including phenoxy) is 1. The smallest absolute Gasteiger partial charge is 0.0697 e. The Kier molecular flexibility index (Phi) is 4.83. The Labute approximate surface area is 83.1 Å². The fraction of sp³-hybridized carbons (Fsp3) is 0.400. The van der Waals surface area contributed by atoms with Crippen LogP contribution in [0.3, 0.4) is 0 Å². The molecule has 1 N–H and O–H groups in total. The predicted molar refractivity (Wildman–Crippen MR) is 53.1 cm³/mol. The Morgan fingerprint density at radius 1 is 1.15 bits per heavy atom. The summed E-state index contributed by atoms with van der Waals surface area (Å²) in [6, 6.07) is 7.68. The fourth-order valence-corrected chi connectivity index (χ4v) is 1.13. The van der Waals surface area contributed by atoms with Crippen molar-refractivity contribution in [1.29, 1.82) is 0 Å². The zero-order valence-electron chi connectivity index (χ0n) is 7.37. The molecule has 0 aliphatic heterocycles. The Bertz CT molecular complexity index is 233. The summed E-state index contributed by atoms with van der Waals surface area (Å²) in [6.45, 7) is 1.14. The first-order valence-corrected chi connectivity index (χ1v) is 4.64. The van der Waals surface area contributed by atoms with Crippen LogP contribution in [-0.4, -0.2) is 24.9 Å². The molecule has 0 saturated carbocycles. The van der Waals surface area contributed by atoms with Crippen LogP contribution in [0.1, 0.15) is 5.56 Å². The SMILES string of the molecule is OCCOCCc1ccc(Cl)cc1. The first kappa shape index (κ1) is 10.5. The molecule has 0 spiro atoms. The molecular weight excluding hydrogens is 188 g/mol. The Morgan fingerprint density at radius 2 is 1.85 bits per heavy atom. The number of benzene rings is 1. The van der Waals surface area contributed by atoms with Gasteiger partial charge in [-0.2, -0.15) is 0 Å². The average molecular weight is 201 g/mol. The molecule has 3 heteroatoms. The summed E-state index contributed by atoms with van der Waals surface area (Å²) >= 11 is 5.73. The van der Waals surface area contributed by atoms with Gasteiger partial charge in [0.15, 0.2) is 0 Å². The van der Waals surface area contributed by atoms with Gasteiger partial charge in [0.25, 0.3) is 0 Å². The molecule has 0 unspecified atom stereocenters. The molecule has 0 aromatic heterocycles. The van der Waals surface area contributed by atoms with Crippen molar-refractivity contribution < 1.29 is 9.84 Å². The van der Waals surface area contributed by atoms with Crippen LogP contribution >= 0.6 is 11.6 Å². The minimum atomic E-state index is 0.0839. The van der Waals surface area contributed by atoms with Crippen LogP contribution in [0.25, 0.3) is 0 Å². The van der Waals surface area contributed by atoms with Crippen molar-refractivity contribution in [2.24, 2.45) is 0 Å². The highest BCUT2D eigenvalue weighted by molar-refractivity contribution is 6.30. The summed E-state index contributed by atoms with van der Waals surface area (Å²) in [5, 5.41) is 9.21. The zero-order valence-corrected chi connectivity index (χ0v) is 8.13. The van der Waals surface area contributed by atoms with Crippen LogP contribution in [0.5, 0.6) is 0 Å². The lowest BCUT2D eigenvalue weighted by Gasteiger charge is -2.02. The molecule has 0 aliphatic rings. The van der Waals surface area contributed by atoms with Crippen molar-refractivity contribution in [3.8, 4) is 0 Å². The number of halogens is 1. The molecular formula is C10H13ClO2. The van der Waals surface area contributed by atoms with Gasteiger partial charge in [-0.15, -0.1) is 0 Å². The van der Waals surface area contributed by atoms with E-state index in [0.717, 1.165) is 11.4 Å². The van der Waals surface area contributed by atoms with E-state index in [1.807, 2.05) is 24.3 Å². The molecule has 1 rings (SSSR count). The lowest BCUT2D eigenvalue weighted by Crippen LogP contribution is -2.02. The van der Waals surface area contributed by atoms with E-state index < -0.39 is 0 Å². The zero-order chi connectivity index (χ0) is 9.52. The molecule has 0 heterocycles. The van der Waals surface area contributed by atoms with Gasteiger partial charge in [-0.05, 0) is 24.1 Å². The highest BCUT2D eigenvalue weighted by Crippen LogP contribution is 2.09. The molecule has 0 atom stereocenters. The number of rotatable bonds is 5. The van der Waals surface area contributed by atoms with Gasteiger partial charge >= 0.3 is 0 Å². The van der Waals surface area contributed by atoms with E-state index in [0.29, 0.717) is 13.2 Å². The lowest BCUT2D eigenvalue weighted by molar-refractivity contribution is 0.0944. The third-order valence-corrected chi connectivity index (χ3v) is 1.94. The number of aliphatic hydroxyl groups excluding tert-OH is 1. The van der Waals surface area contributed by atoms with E-state index in [4.69, 9.17) is 21.4 Å². The van der Waals surface area contributed by atoms with E-state index in [9.17, 15) is 0 Å². The third-order valence-electron chi connectivity index (χ3n) is 1.68. The maximum Gasteiger partial charge on any atom is 0.0697 e. The van der Waals surface area contributed by atoms with Crippen LogP contribution in [0.4, 0.5) is 0 Å². The molecule has 1 aromatic carbocycles. The van der Waals surface area contributed by atoms with Gasteiger partial charge in [-0.3, -0.25) is 0 Å². The van der Waals surface area contributed by atoms with Gasteiger partial charge in [0.1, 0.15) is 0 Å². The van der Waals surface area contributed by atoms with E-state index in [2.05, 4.69) is 0 Å². The summed E-state index contributed by atoms with van der Waals surface area (Å²) in [5.74, 6) is 0. The van der Waals surface area contributed by atoms with Gasteiger partial charge in [-0.25, -0.2) is 0 Å². The minimum absolute atomic E-state index is 0.0839. The van der Waals surface area contributed by atoms with E-state index in [-0.39, 0.29) is 6.61 Å². The summed E-state index contributed by atoms with van der Waals surface area (Å²) in [6.07, 6.45) is 0.858. The van der Waals surface area contributed by atoms with Crippen molar-refractivity contribution in [2.75, 3.05) is 19.8 Å². The maximum atomic E-state index is 8.46. The minimum Gasteiger partial charge on any atom is -0.394 e. The fourth-order valence-electron chi connectivity index (χ4n) is 1.01. The molecule has 0 bridgehead atoms. The molecule has 0 aliphatic carbocycles. The number of aliphatic hydroxyl groups is 1. The molecule has 72 valence electrons. The van der Waals surface area contributed by atoms with Crippen LogP contribution in [-0.2, 0) is 11.2 Å². The highest BCUT2D eigenvalue weighted by atomic mass is 35.5. The van der Waals surface area contributed by atoms with E-state index in [1.165, 1.54) is 5.56 Å². The highest BCUT2D eigenvalue weighted by Gasteiger charge is 1.93. The standard InChI is InChI=1S/C10H13ClO2/c11-10-3-1-9(2-4-10)5-7-13-8-6-12/h1-4,12H,5-8H2. The largest absolute Gasteiger partial charge is 0.394 e. The third kappa shape index (κ3) is 4.27. The predicted octanol–water partition coefficient (Wildman–Crippen LogP) is 1.89. The van der Waals surface area contributed by atoms with Crippen molar-refractivity contribution in [1.82, 2.24) is 0 Å². The second-order valence-corrected chi connectivity index (χ2v) is 3.15. The molecule has 0 amide bonds. The topological polar surface area (TPSA) is 29.5 Å². The maximum absolute atomic E-state index is 8.46. The Hall–Kier alpha value is -0.570. The summed E-state index contributed by atoms with van der Waals surface area (Å²) in [7, 11) is 0. The van der Waals surface area contributed by atoms with Gasteiger partial charge in [0.2, 0.25) is 0 Å². The van der Waals surface area contributed by atoms with E-state index in [1.54, 1.807) is 0 Å². The first-order valence-electron chi connectivity index (χ1n) is 4.26. The Morgan fingerprint density at radius 3 is 2.46 bits per heavy atom. The van der Waals surface area contributed by atoms with Gasteiger partial charge < -0.3 is 9.84 Å². The normalized spacial score (nSPS) is 10.3. The molecule has 2 nitrogen and oxygen atoms in total.